The monoisotopic (exact) mass is 238 g/mol. The molecule has 5 nitrogen and oxygen atoms in total. The molecule has 0 fully saturated rings. The zero-order valence-corrected chi connectivity index (χ0v) is 10.1. The first kappa shape index (κ1) is 11.2. The maximum Gasteiger partial charge on any atom is 0.231 e. The van der Waals surface area contributed by atoms with E-state index in [0.717, 1.165) is 18.0 Å². The number of hydrogen-bond donors (Lipinski definition) is 1. The summed E-state index contributed by atoms with van der Waals surface area (Å²) in [7, 11) is 0. The molecule has 0 bridgehead atoms. The van der Waals surface area contributed by atoms with Gasteiger partial charge in [0.25, 0.3) is 0 Å². The fraction of sp³-hybridized carbons (Fsp3) is 0.500. The molecule has 0 aliphatic carbocycles. The van der Waals surface area contributed by atoms with Crippen LogP contribution >= 0.6 is 11.3 Å². The van der Waals surface area contributed by atoms with Gasteiger partial charge in [-0.25, -0.2) is 0 Å². The standard InChI is InChI=1S/C10H14N4OS/c1-3-11-4-7(2)10-13-9(14-15-10)8-5-12-6-16-8/h5-7,11H,3-4H2,1-2H3. The van der Waals surface area contributed by atoms with Gasteiger partial charge < -0.3 is 9.84 Å². The lowest BCUT2D eigenvalue weighted by Crippen LogP contribution is -2.19. The Bertz CT molecular complexity index is 426. The van der Waals surface area contributed by atoms with E-state index in [0.29, 0.717) is 11.7 Å². The van der Waals surface area contributed by atoms with Gasteiger partial charge in [0.15, 0.2) is 0 Å². The third-order valence-electron chi connectivity index (χ3n) is 2.22. The van der Waals surface area contributed by atoms with Crippen LogP contribution in [0.1, 0.15) is 25.7 Å². The van der Waals surface area contributed by atoms with Gasteiger partial charge in [0, 0.05) is 18.7 Å². The Morgan fingerprint density at radius 3 is 3.12 bits per heavy atom. The lowest BCUT2D eigenvalue weighted by Gasteiger charge is -2.05. The van der Waals surface area contributed by atoms with Gasteiger partial charge in [-0.3, -0.25) is 4.98 Å². The molecule has 0 radical (unpaired) electrons. The number of aromatic nitrogens is 3. The van der Waals surface area contributed by atoms with Crippen LogP contribution in [0.4, 0.5) is 0 Å². The average molecular weight is 238 g/mol. The number of hydrogen-bond acceptors (Lipinski definition) is 6. The summed E-state index contributed by atoms with van der Waals surface area (Å²) in [6.07, 6.45) is 1.74. The van der Waals surface area contributed by atoms with E-state index < -0.39 is 0 Å². The second kappa shape index (κ2) is 5.18. The van der Waals surface area contributed by atoms with Crippen LogP contribution in [0, 0.1) is 0 Å². The SMILES string of the molecule is CCNCC(C)c1nc(-c2cncs2)no1. The molecule has 86 valence electrons. The van der Waals surface area contributed by atoms with Crippen LogP contribution in [0.3, 0.4) is 0 Å². The highest BCUT2D eigenvalue weighted by Crippen LogP contribution is 2.21. The predicted octanol–water partition coefficient (Wildman–Crippen LogP) is 1.91. The molecule has 2 rings (SSSR count). The molecule has 2 heterocycles. The molecule has 2 aromatic rings. The van der Waals surface area contributed by atoms with Crippen molar-refractivity contribution in [2.75, 3.05) is 13.1 Å². The van der Waals surface area contributed by atoms with E-state index in [4.69, 9.17) is 4.52 Å². The van der Waals surface area contributed by atoms with Crippen molar-refractivity contribution in [3.63, 3.8) is 0 Å². The van der Waals surface area contributed by atoms with Crippen LogP contribution < -0.4 is 5.32 Å². The number of likely N-dealkylation sites (N-methyl/N-ethyl adjacent to an activating group) is 1. The summed E-state index contributed by atoms with van der Waals surface area (Å²) in [6, 6.07) is 0. The van der Waals surface area contributed by atoms with E-state index in [-0.39, 0.29) is 5.92 Å². The van der Waals surface area contributed by atoms with Gasteiger partial charge in [-0.1, -0.05) is 19.0 Å². The van der Waals surface area contributed by atoms with E-state index >= 15 is 0 Å². The molecule has 0 spiro atoms. The molecule has 0 saturated carbocycles. The number of thiazole rings is 1. The second-order valence-electron chi connectivity index (χ2n) is 3.53. The summed E-state index contributed by atoms with van der Waals surface area (Å²) < 4.78 is 5.23. The highest BCUT2D eigenvalue weighted by Gasteiger charge is 2.15. The minimum Gasteiger partial charge on any atom is -0.339 e. The van der Waals surface area contributed by atoms with Gasteiger partial charge in [-0.15, -0.1) is 11.3 Å². The predicted molar refractivity (Wildman–Crippen MR) is 62.4 cm³/mol. The van der Waals surface area contributed by atoms with Crippen LogP contribution in [0.5, 0.6) is 0 Å². The highest BCUT2D eigenvalue weighted by atomic mass is 32.1. The molecule has 1 N–H and O–H groups in total. The van der Waals surface area contributed by atoms with E-state index in [2.05, 4.69) is 34.3 Å². The lowest BCUT2D eigenvalue weighted by atomic mass is 10.2. The maximum absolute atomic E-state index is 5.23. The Kier molecular flexibility index (Phi) is 3.63. The lowest BCUT2D eigenvalue weighted by molar-refractivity contribution is 0.355. The van der Waals surface area contributed by atoms with Crippen molar-refractivity contribution >= 4 is 11.3 Å². The Balaban J connectivity index is 2.07. The van der Waals surface area contributed by atoms with E-state index in [9.17, 15) is 0 Å². The van der Waals surface area contributed by atoms with Crippen LogP contribution in [-0.2, 0) is 0 Å². The minimum absolute atomic E-state index is 0.231. The third-order valence-corrected chi connectivity index (χ3v) is 2.99. The Morgan fingerprint density at radius 2 is 2.44 bits per heavy atom. The molecule has 0 saturated heterocycles. The molecule has 16 heavy (non-hydrogen) atoms. The van der Waals surface area contributed by atoms with Crippen molar-refractivity contribution in [1.29, 1.82) is 0 Å². The maximum atomic E-state index is 5.23. The van der Waals surface area contributed by atoms with Crippen molar-refractivity contribution in [2.24, 2.45) is 0 Å². The van der Waals surface area contributed by atoms with E-state index in [1.54, 1.807) is 11.7 Å². The molecule has 0 aliphatic heterocycles. The molecule has 2 aromatic heterocycles. The minimum atomic E-state index is 0.231. The first-order chi connectivity index (χ1) is 7.81. The van der Waals surface area contributed by atoms with Gasteiger partial charge >= 0.3 is 0 Å². The highest BCUT2D eigenvalue weighted by molar-refractivity contribution is 7.13. The first-order valence-corrected chi connectivity index (χ1v) is 6.12. The molecule has 0 aromatic carbocycles. The quantitative estimate of drug-likeness (QED) is 0.862. The number of rotatable bonds is 5. The molecular weight excluding hydrogens is 224 g/mol. The van der Waals surface area contributed by atoms with Gasteiger partial charge in [0.1, 0.15) is 0 Å². The smallest absolute Gasteiger partial charge is 0.231 e. The van der Waals surface area contributed by atoms with Crippen LogP contribution in [-0.4, -0.2) is 28.2 Å². The fourth-order valence-electron chi connectivity index (χ4n) is 1.31. The number of nitrogens with zero attached hydrogens (tertiary/aromatic N) is 3. The third kappa shape index (κ3) is 2.45. The summed E-state index contributed by atoms with van der Waals surface area (Å²) >= 11 is 1.51. The van der Waals surface area contributed by atoms with Crippen LogP contribution in [0.15, 0.2) is 16.2 Å². The largest absolute Gasteiger partial charge is 0.339 e. The van der Waals surface area contributed by atoms with E-state index in [1.807, 2.05) is 0 Å². The zero-order chi connectivity index (χ0) is 11.4. The van der Waals surface area contributed by atoms with Crippen molar-refractivity contribution in [3.05, 3.63) is 17.6 Å². The fourth-order valence-corrected chi connectivity index (χ4v) is 1.86. The average Bonchev–Trinajstić information content (AvgIpc) is 2.94. The normalized spacial score (nSPS) is 12.9. The van der Waals surface area contributed by atoms with E-state index in [1.165, 1.54) is 11.3 Å². The molecule has 0 aliphatic rings. The summed E-state index contributed by atoms with van der Waals surface area (Å²) in [6.45, 7) is 5.93. The molecule has 1 unspecified atom stereocenters. The van der Waals surface area contributed by atoms with Gasteiger partial charge in [-0.2, -0.15) is 4.98 Å². The topological polar surface area (TPSA) is 63.8 Å². The molecule has 0 amide bonds. The van der Waals surface area contributed by atoms with Crippen LogP contribution in [0.25, 0.3) is 10.7 Å². The zero-order valence-electron chi connectivity index (χ0n) is 9.30. The summed E-state index contributed by atoms with van der Waals surface area (Å²) in [4.78, 5) is 9.28. The number of nitrogens with one attached hydrogen (secondary N) is 1. The Morgan fingerprint density at radius 1 is 1.56 bits per heavy atom. The Labute approximate surface area is 97.9 Å². The molecule has 6 heteroatoms. The van der Waals surface area contributed by atoms with Gasteiger partial charge in [-0.05, 0) is 6.54 Å². The van der Waals surface area contributed by atoms with Crippen molar-refractivity contribution in [1.82, 2.24) is 20.4 Å². The van der Waals surface area contributed by atoms with Crippen molar-refractivity contribution in [3.8, 4) is 10.7 Å². The summed E-state index contributed by atoms with van der Waals surface area (Å²) in [5.74, 6) is 1.53. The van der Waals surface area contributed by atoms with Crippen LogP contribution in [0.2, 0.25) is 0 Å². The summed E-state index contributed by atoms with van der Waals surface area (Å²) in [5.41, 5.74) is 1.76. The first-order valence-electron chi connectivity index (χ1n) is 5.24. The van der Waals surface area contributed by atoms with Crippen molar-refractivity contribution < 1.29 is 4.52 Å². The second-order valence-corrected chi connectivity index (χ2v) is 4.42. The van der Waals surface area contributed by atoms with Gasteiger partial charge in [0.2, 0.25) is 11.7 Å². The summed E-state index contributed by atoms with van der Waals surface area (Å²) in [5, 5.41) is 7.20. The van der Waals surface area contributed by atoms with Crippen molar-refractivity contribution in [2.45, 2.75) is 19.8 Å². The molecule has 1 atom stereocenters. The molecular formula is C10H14N4OS. The Hall–Kier alpha value is -1.27. The van der Waals surface area contributed by atoms with Gasteiger partial charge in [0.05, 0.1) is 10.4 Å².